The van der Waals surface area contributed by atoms with Gasteiger partial charge in [0.2, 0.25) is 5.95 Å². The number of anilines is 1. The fourth-order valence-corrected chi connectivity index (χ4v) is 4.35. The van der Waals surface area contributed by atoms with E-state index in [1.54, 1.807) is 0 Å². The number of ether oxygens (including phenoxy) is 2. The molecule has 0 bridgehead atoms. The van der Waals surface area contributed by atoms with Crippen molar-refractivity contribution in [2.75, 3.05) is 38.7 Å². The zero-order valence-electron chi connectivity index (χ0n) is 18.3. The molecule has 0 amide bonds. The number of hydrogen-bond acceptors (Lipinski definition) is 7. The van der Waals surface area contributed by atoms with Gasteiger partial charge >= 0.3 is 0 Å². The van der Waals surface area contributed by atoms with Crippen LogP contribution in [0.4, 0.5) is 5.95 Å². The van der Waals surface area contributed by atoms with E-state index in [1.807, 2.05) is 31.3 Å². The number of nitrogens with one attached hydrogen (secondary N) is 2. The van der Waals surface area contributed by atoms with Gasteiger partial charge in [-0.3, -0.25) is 0 Å². The summed E-state index contributed by atoms with van der Waals surface area (Å²) in [6.07, 6.45) is 6.66. The van der Waals surface area contributed by atoms with Crippen LogP contribution in [0.2, 0.25) is 0 Å². The van der Waals surface area contributed by atoms with E-state index < -0.39 is 6.10 Å². The molecule has 0 spiro atoms. The molecule has 2 atom stereocenters. The minimum absolute atomic E-state index is 0.246. The van der Waals surface area contributed by atoms with Crippen LogP contribution in [-0.4, -0.2) is 60.6 Å². The summed E-state index contributed by atoms with van der Waals surface area (Å²) in [5.74, 6) is 1.90. The van der Waals surface area contributed by atoms with Gasteiger partial charge < -0.3 is 25.2 Å². The summed E-state index contributed by atoms with van der Waals surface area (Å²) >= 11 is 0. The van der Waals surface area contributed by atoms with E-state index in [4.69, 9.17) is 19.4 Å². The first-order valence-corrected chi connectivity index (χ1v) is 11.5. The molecule has 1 unspecified atom stereocenters. The Labute approximate surface area is 184 Å². The molecule has 2 heterocycles. The number of likely N-dealkylation sites (N-methyl/N-ethyl adjacent to an activating group) is 1. The average molecular weight is 427 g/mol. The Kier molecular flexibility index (Phi) is 7.72. The number of aromatic nitrogens is 2. The summed E-state index contributed by atoms with van der Waals surface area (Å²) in [7, 11) is 1.81. The van der Waals surface area contributed by atoms with E-state index in [-0.39, 0.29) is 12.6 Å². The molecule has 1 saturated heterocycles. The maximum atomic E-state index is 9.92. The van der Waals surface area contributed by atoms with Crippen molar-refractivity contribution in [2.45, 2.75) is 56.6 Å². The minimum Gasteiger partial charge on any atom is -0.491 e. The number of nitrogens with zero attached hydrogens (tertiary/aromatic N) is 2. The molecule has 1 aromatic heterocycles. The lowest BCUT2D eigenvalue weighted by atomic mass is 9.86. The molecule has 1 saturated carbocycles. The molecule has 7 nitrogen and oxygen atoms in total. The molecule has 2 aliphatic rings. The van der Waals surface area contributed by atoms with E-state index >= 15 is 0 Å². The lowest BCUT2D eigenvalue weighted by Gasteiger charge is -2.22. The number of aliphatic hydroxyl groups excluding tert-OH is 1. The zero-order valence-corrected chi connectivity index (χ0v) is 18.3. The highest BCUT2D eigenvalue weighted by atomic mass is 16.5. The Bertz CT molecular complexity index is 835. The van der Waals surface area contributed by atoms with Gasteiger partial charge in [-0.2, -0.15) is 0 Å². The average Bonchev–Trinajstić information content (AvgIpc) is 3.31. The standard InChI is InChI=1S/C24H34N4O3/c1-25-14-20(29)16-31-21-9-5-8-18(12-21)23-13-22(17-6-3-2-4-7-17)27-24(28-23)26-19-10-11-30-15-19/h5,8-9,12-13,17,19-20,25,29H,2-4,6-7,10-11,14-16H2,1H3,(H,26,27,28)/t19-,20?/m0/s1. The quantitative estimate of drug-likeness (QED) is 0.567. The van der Waals surface area contributed by atoms with Gasteiger partial charge in [-0.1, -0.05) is 31.4 Å². The number of rotatable bonds is 9. The number of hydrogen-bond donors (Lipinski definition) is 3. The molecule has 0 radical (unpaired) electrons. The fourth-order valence-electron chi connectivity index (χ4n) is 4.35. The van der Waals surface area contributed by atoms with Crippen LogP contribution in [0.15, 0.2) is 30.3 Å². The minimum atomic E-state index is -0.546. The molecule has 168 valence electrons. The van der Waals surface area contributed by atoms with E-state index in [9.17, 15) is 5.11 Å². The third-order valence-corrected chi connectivity index (χ3v) is 6.04. The number of aliphatic hydroxyl groups is 1. The van der Waals surface area contributed by atoms with E-state index in [0.29, 0.717) is 25.0 Å². The zero-order chi connectivity index (χ0) is 21.5. The molecule has 1 aliphatic carbocycles. The fraction of sp³-hybridized carbons (Fsp3) is 0.583. The van der Waals surface area contributed by atoms with Crippen molar-refractivity contribution in [3.63, 3.8) is 0 Å². The van der Waals surface area contributed by atoms with Crippen molar-refractivity contribution in [1.82, 2.24) is 15.3 Å². The summed E-state index contributed by atoms with van der Waals surface area (Å²) in [6, 6.07) is 10.3. The second-order valence-corrected chi connectivity index (χ2v) is 8.59. The third-order valence-electron chi connectivity index (χ3n) is 6.04. The first-order valence-electron chi connectivity index (χ1n) is 11.5. The van der Waals surface area contributed by atoms with Gasteiger partial charge in [0.15, 0.2) is 0 Å². The van der Waals surface area contributed by atoms with Crippen molar-refractivity contribution >= 4 is 5.95 Å². The highest BCUT2D eigenvalue weighted by molar-refractivity contribution is 5.63. The molecule has 31 heavy (non-hydrogen) atoms. The van der Waals surface area contributed by atoms with Crippen molar-refractivity contribution in [2.24, 2.45) is 0 Å². The van der Waals surface area contributed by atoms with Crippen LogP contribution in [0.25, 0.3) is 11.3 Å². The molecular formula is C24H34N4O3. The lowest BCUT2D eigenvalue weighted by molar-refractivity contribution is 0.108. The predicted octanol–water partition coefficient (Wildman–Crippen LogP) is 3.35. The van der Waals surface area contributed by atoms with Crippen LogP contribution in [0.1, 0.15) is 50.1 Å². The molecule has 1 aromatic carbocycles. The van der Waals surface area contributed by atoms with Crippen LogP contribution in [0.5, 0.6) is 5.75 Å². The summed E-state index contributed by atoms with van der Waals surface area (Å²) < 4.78 is 11.3. The topological polar surface area (TPSA) is 88.5 Å². The Morgan fingerprint density at radius 2 is 2.03 bits per heavy atom. The van der Waals surface area contributed by atoms with Crippen molar-refractivity contribution < 1.29 is 14.6 Å². The molecule has 4 rings (SSSR count). The first-order chi connectivity index (χ1) is 15.2. The second kappa shape index (κ2) is 10.9. The van der Waals surface area contributed by atoms with Gasteiger partial charge in [-0.15, -0.1) is 0 Å². The largest absolute Gasteiger partial charge is 0.491 e. The van der Waals surface area contributed by atoms with Crippen molar-refractivity contribution in [3.05, 3.63) is 36.0 Å². The second-order valence-electron chi connectivity index (χ2n) is 8.59. The van der Waals surface area contributed by atoms with Crippen molar-refractivity contribution in [1.29, 1.82) is 0 Å². The smallest absolute Gasteiger partial charge is 0.223 e. The first kappa shape index (κ1) is 22.0. The van der Waals surface area contributed by atoms with E-state index in [0.717, 1.165) is 35.7 Å². The number of benzene rings is 1. The maximum Gasteiger partial charge on any atom is 0.223 e. The predicted molar refractivity (Wildman–Crippen MR) is 122 cm³/mol. The molecule has 2 fully saturated rings. The van der Waals surface area contributed by atoms with E-state index in [2.05, 4.69) is 16.7 Å². The van der Waals surface area contributed by atoms with Gasteiger partial charge in [0.1, 0.15) is 18.5 Å². The summed E-state index contributed by atoms with van der Waals surface area (Å²) in [5.41, 5.74) is 3.02. The highest BCUT2D eigenvalue weighted by Gasteiger charge is 2.21. The van der Waals surface area contributed by atoms with Gasteiger partial charge in [-0.05, 0) is 44.5 Å². The Morgan fingerprint density at radius 3 is 2.81 bits per heavy atom. The normalized spacial score (nSPS) is 20.5. The van der Waals surface area contributed by atoms with Gasteiger partial charge in [0, 0.05) is 30.3 Å². The third kappa shape index (κ3) is 6.15. The van der Waals surface area contributed by atoms with Crippen LogP contribution < -0.4 is 15.4 Å². The molecule has 7 heteroatoms. The summed E-state index contributed by atoms with van der Waals surface area (Å²) in [6.45, 7) is 2.22. The Morgan fingerprint density at radius 1 is 1.16 bits per heavy atom. The van der Waals surface area contributed by atoms with Gasteiger partial charge in [-0.25, -0.2) is 9.97 Å². The summed E-state index contributed by atoms with van der Waals surface area (Å²) in [4.78, 5) is 9.73. The highest BCUT2D eigenvalue weighted by Crippen LogP contribution is 2.34. The Hall–Kier alpha value is -2.22. The van der Waals surface area contributed by atoms with Gasteiger partial charge in [0.25, 0.3) is 0 Å². The molecular weight excluding hydrogens is 392 g/mol. The summed E-state index contributed by atoms with van der Waals surface area (Å²) in [5, 5.41) is 16.4. The molecule has 2 aromatic rings. The SMILES string of the molecule is CNCC(O)COc1cccc(-c2cc(C3CCCCC3)nc(N[C@H]3CCOC3)n2)c1. The van der Waals surface area contributed by atoms with Crippen LogP contribution in [0, 0.1) is 0 Å². The van der Waals surface area contributed by atoms with E-state index in [1.165, 1.54) is 32.1 Å². The van der Waals surface area contributed by atoms with Crippen LogP contribution in [0.3, 0.4) is 0 Å². The monoisotopic (exact) mass is 426 g/mol. The van der Waals surface area contributed by atoms with Crippen LogP contribution in [-0.2, 0) is 4.74 Å². The Balaban J connectivity index is 1.57. The van der Waals surface area contributed by atoms with Gasteiger partial charge in [0.05, 0.1) is 18.3 Å². The lowest BCUT2D eigenvalue weighted by Crippen LogP contribution is -2.29. The molecule has 1 aliphatic heterocycles. The van der Waals surface area contributed by atoms with Crippen molar-refractivity contribution in [3.8, 4) is 17.0 Å². The maximum absolute atomic E-state index is 9.92. The van der Waals surface area contributed by atoms with Crippen LogP contribution >= 0.6 is 0 Å². The molecule has 3 N–H and O–H groups in total.